The maximum Gasteiger partial charge on any atom is 0.249 e. The van der Waals surface area contributed by atoms with Gasteiger partial charge in [-0.25, -0.2) is 4.39 Å². The lowest BCUT2D eigenvalue weighted by Gasteiger charge is -2.12. The molecule has 0 bridgehead atoms. The van der Waals surface area contributed by atoms with E-state index in [9.17, 15) is 9.18 Å². The van der Waals surface area contributed by atoms with Crippen LogP contribution in [0.2, 0.25) is 0 Å². The summed E-state index contributed by atoms with van der Waals surface area (Å²) in [7, 11) is 0. The number of hydrogen-bond donors (Lipinski definition) is 2. The van der Waals surface area contributed by atoms with Crippen LogP contribution in [-0.2, 0) is 16.1 Å². The van der Waals surface area contributed by atoms with Crippen molar-refractivity contribution in [3.8, 4) is 0 Å². The molecular weight excluding hydrogens is 235 g/mol. The molecule has 1 saturated heterocycles. The SMILES string of the molecule is NC[C@H]1CC[C@@H](C(=O)NCc2ccccc2F)O1. The normalized spacial score (nSPS) is 23.0. The zero-order valence-electron chi connectivity index (χ0n) is 10.1. The summed E-state index contributed by atoms with van der Waals surface area (Å²) < 4.78 is 18.8. The van der Waals surface area contributed by atoms with Gasteiger partial charge in [0.2, 0.25) is 5.91 Å². The van der Waals surface area contributed by atoms with Crippen molar-refractivity contribution in [1.82, 2.24) is 5.32 Å². The standard InChI is InChI=1S/C13H17FN2O2/c14-11-4-2-1-3-9(11)8-16-13(17)12-6-5-10(7-15)18-12/h1-4,10,12H,5-8,15H2,(H,16,17)/t10-,12+/m1/s1. The monoisotopic (exact) mass is 252 g/mol. The fourth-order valence-corrected chi connectivity index (χ4v) is 2.01. The Morgan fingerprint density at radius 3 is 2.89 bits per heavy atom. The van der Waals surface area contributed by atoms with Gasteiger partial charge >= 0.3 is 0 Å². The van der Waals surface area contributed by atoms with Gasteiger partial charge in [0.25, 0.3) is 0 Å². The summed E-state index contributed by atoms with van der Waals surface area (Å²) in [4.78, 5) is 11.8. The first-order valence-electron chi connectivity index (χ1n) is 6.07. The number of benzene rings is 1. The molecule has 1 fully saturated rings. The Morgan fingerprint density at radius 2 is 2.22 bits per heavy atom. The molecule has 98 valence electrons. The van der Waals surface area contributed by atoms with E-state index in [1.807, 2.05) is 0 Å². The number of nitrogens with one attached hydrogen (secondary N) is 1. The molecule has 0 spiro atoms. The lowest BCUT2D eigenvalue weighted by Crippen LogP contribution is -2.35. The molecule has 4 nitrogen and oxygen atoms in total. The Bertz CT molecular complexity index is 425. The minimum absolute atomic E-state index is 0.0331. The predicted octanol–water partition coefficient (Wildman–Crippen LogP) is 0.948. The molecule has 1 aromatic carbocycles. The largest absolute Gasteiger partial charge is 0.364 e. The van der Waals surface area contributed by atoms with Crippen molar-refractivity contribution in [3.63, 3.8) is 0 Å². The lowest BCUT2D eigenvalue weighted by molar-refractivity contribution is -0.132. The molecule has 1 aliphatic rings. The third-order valence-corrected chi connectivity index (χ3v) is 3.07. The number of carbonyl (C=O) groups is 1. The maximum atomic E-state index is 13.3. The van der Waals surface area contributed by atoms with Gasteiger partial charge in [0, 0.05) is 18.7 Å². The van der Waals surface area contributed by atoms with Crippen LogP contribution in [0.15, 0.2) is 24.3 Å². The molecule has 0 radical (unpaired) electrons. The summed E-state index contributed by atoms with van der Waals surface area (Å²) in [5, 5.41) is 2.68. The molecule has 3 N–H and O–H groups in total. The van der Waals surface area contributed by atoms with E-state index in [0.717, 1.165) is 6.42 Å². The average molecular weight is 252 g/mol. The number of halogens is 1. The van der Waals surface area contributed by atoms with Crippen molar-refractivity contribution in [2.45, 2.75) is 31.6 Å². The van der Waals surface area contributed by atoms with Gasteiger partial charge in [0.1, 0.15) is 11.9 Å². The van der Waals surface area contributed by atoms with E-state index in [1.54, 1.807) is 18.2 Å². The fourth-order valence-electron chi connectivity index (χ4n) is 2.01. The number of rotatable bonds is 4. The summed E-state index contributed by atoms with van der Waals surface area (Å²) in [5.74, 6) is -0.515. The molecule has 0 aliphatic carbocycles. The summed E-state index contributed by atoms with van der Waals surface area (Å²) in [5.41, 5.74) is 5.95. The van der Waals surface area contributed by atoms with Gasteiger partial charge < -0.3 is 15.8 Å². The molecule has 18 heavy (non-hydrogen) atoms. The van der Waals surface area contributed by atoms with Crippen molar-refractivity contribution >= 4 is 5.91 Å². The van der Waals surface area contributed by atoms with Crippen LogP contribution in [-0.4, -0.2) is 24.7 Å². The van der Waals surface area contributed by atoms with E-state index < -0.39 is 6.10 Å². The zero-order valence-corrected chi connectivity index (χ0v) is 10.1. The van der Waals surface area contributed by atoms with Gasteiger partial charge in [-0.1, -0.05) is 18.2 Å². The molecule has 2 atom stereocenters. The highest BCUT2D eigenvalue weighted by atomic mass is 19.1. The van der Waals surface area contributed by atoms with Crippen molar-refractivity contribution < 1.29 is 13.9 Å². The lowest BCUT2D eigenvalue weighted by atomic mass is 10.1. The van der Waals surface area contributed by atoms with Gasteiger partial charge in [-0.15, -0.1) is 0 Å². The molecule has 1 aromatic rings. The van der Waals surface area contributed by atoms with E-state index >= 15 is 0 Å². The quantitative estimate of drug-likeness (QED) is 0.838. The number of carbonyl (C=O) groups excluding carboxylic acids is 1. The second-order valence-electron chi connectivity index (χ2n) is 4.37. The second-order valence-corrected chi connectivity index (χ2v) is 4.37. The molecule has 1 heterocycles. The number of amides is 1. The highest BCUT2D eigenvalue weighted by Crippen LogP contribution is 2.19. The molecule has 1 amide bonds. The Hall–Kier alpha value is -1.46. The minimum atomic E-state index is -0.453. The smallest absolute Gasteiger partial charge is 0.249 e. The van der Waals surface area contributed by atoms with Gasteiger partial charge in [-0.05, 0) is 18.9 Å². The van der Waals surface area contributed by atoms with Crippen LogP contribution >= 0.6 is 0 Å². The Balaban J connectivity index is 1.84. The first-order chi connectivity index (χ1) is 8.70. The van der Waals surface area contributed by atoms with Gasteiger partial charge in [-0.2, -0.15) is 0 Å². The highest BCUT2D eigenvalue weighted by Gasteiger charge is 2.29. The molecule has 5 heteroatoms. The van der Waals surface area contributed by atoms with Crippen LogP contribution in [0.1, 0.15) is 18.4 Å². The predicted molar refractivity (Wildman–Crippen MR) is 65.2 cm³/mol. The number of ether oxygens (including phenoxy) is 1. The topological polar surface area (TPSA) is 64.4 Å². The van der Waals surface area contributed by atoms with E-state index in [1.165, 1.54) is 6.07 Å². The van der Waals surface area contributed by atoms with Gasteiger partial charge in [0.05, 0.1) is 6.10 Å². The Morgan fingerprint density at radius 1 is 1.44 bits per heavy atom. The van der Waals surface area contributed by atoms with E-state index in [-0.39, 0.29) is 24.4 Å². The van der Waals surface area contributed by atoms with Crippen LogP contribution in [0, 0.1) is 5.82 Å². The molecule has 0 unspecified atom stereocenters. The van der Waals surface area contributed by atoms with E-state index in [2.05, 4.69) is 5.32 Å². The Labute approximate surface area is 105 Å². The van der Waals surface area contributed by atoms with Crippen LogP contribution in [0.5, 0.6) is 0 Å². The van der Waals surface area contributed by atoms with Gasteiger partial charge in [0.15, 0.2) is 0 Å². The van der Waals surface area contributed by atoms with Crippen LogP contribution in [0.3, 0.4) is 0 Å². The number of nitrogens with two attached hydrogens (primary N) is 1. The van der Waals surface area contributed by atoms with Crippen LogP contribution in [0.4, 0.5) is 4.39 Å². The van der Waals surface area contributed by atoms with Crippen molar-refractivity contribution in [2.24, 2.45) is 5.73 Å². The molecular formula is C13H17FN2O2. The van der Waals surface area contributed by atoms with Crippen molar-refractivity contribution in [2.75, 3.05) is 6.54 Å². The summed E-state index contributed by atoms with van der Waals surface area (Å²) >= 11 is 0. The maximum absolute atomic E-state index is 13.3. The number of hydrogen-bond acceptors (Lipinski definition) is 3. The van der Waals surface area contributed by atoms with Crippen molar-refractivity contribution in [1.29, 1.82) is 0 Å². The average Bonchev–Trinajstić information content (AvgIpc) is 2.86. The third kappa shape index (κ3) is 3.05. The molecule has 1 aliphatic heterocycles. The van der Waals surface area contributed by atoms with Gasteiger partial charge in [-0.3, -0.25) is 4.79 Å². The first-order valence-corrected chi connectivity index (χ1v) is 6.07. The molecule has 0 aromatic heterocycles. The minimum Gasteiger partial charge on any atom is -0.364 e. The molecule has 2 rings (SSSR count). The highest BCUT2D eigenvalue weighted by molar-refractivity contribution is 5.81. The van der Waals surface area contributed by atoms with E-state index in [0.29, 0.717) is 18.5 Å². The molecule has 0 saturated carbocycles. The summed E-state index contributed by atoms with van der Waals surface area (Å²) in [6, 6.07) is 6.37. The van der Waals surface area contributed by atoms with E-state index in [4.69, 9.17) is 10.5 Å². The second kappa shape index (κ2) is 5.93. The fraction of sp³-hybridized carbons (Fsp3) is 0.462. The zero-order chi connectivity index (χ0) is 13.0. The van der Waals surface area contributed by atoms with Crippen LogP contribution in [0.25, 0.3) is 0 Å². The summed E-state index contributed by atoms with van der Waals surface area (Å²) in [6.45, 7) is 0.607. The van der Waals surface area contributed by atoms with Crippen molar-refractivity contribution in [3.05, 3.63) is 35.6 Å². The Kier molecular flexibility index (Phi) is 4.28. The van der Waals surface area contributed by atoms with Crippen LogP contribution < -0.4 is 11.1 Å². The third-order valence-electron chi connectivity index (χ3n) is 3.07. The first kappa shape index (κ1) is 13.0. The summed E-state index contributed by atoms with van der Waals surface area (Å²) in [6.07, 6.45) is 0.985.